The van der Waals surface area contributed by atoms with Gasteiger partial charge in [0.1, 0.15) is 63.4 Å². The highest BCUT2D eigenvalue weighted by Gasteiger charge is 2.29. The van der Waals surface area contributed by atoms with Gasteiger partial charge in [-0.3, -0.25) is 19.2 Å². The summed E-state index contributed by atoms with van der Waals surface area (Å²) < 4.78 is 27.4. The number of benzene rings is 4. The van der Waals surface area contributed by atoms with E-state index in [9.17, 15) is 63.9 Å². The molecular formula is C102H132N8O22. The lowest BCUT2D eigenvalue weighted by molar-refractivity contribution is -0.137. The van der Waals surface area contributed by atoms with Crippen LogP contribution >= 0.6 is 0 Å². The van der Waals surface area contributed by atoms with E-state index in [1.165, 1.54) is 24.6 Å². The number of likely N-dealkylation sites (tertiary alicyclic amines) is 4. The van der Waals surface area contributed by atoms with Gasteiger partial charge in [0, 0.05) is 109 Å². The second-order valence-corrected chi connectivity index (χ2v) is 33.5. The summed E-state index contributed by atoms with van der Waals surface area (Å²) in [5.74, 6) is -3.45. The number of fused-ring (bicyclic) bond motifs is 4. The minimum Gasteiger partial charge on any atom is -0.508 e. The summed E-state index contributed by atoms with van der Waals surface area (Å²) in [5, 5.41) is 67.9. The number of hydrogen-bond acceptors (Lipinski definition) is 26. The zero-order valence-electron chi connectivity index (χ0n) is 77.2. The molecule has 4 aromatic carbocycles. The Morgan fingerprint density at radius 3 is 1.00 bits per heavy atom. The predicted octanol–water partition coefficient (Wildman–Crippen LogP) is 16.6. The first kappa shape index (κ1) is 103. The molecule has 0 aliphatic carbocycles. The van der Waals surface area contributed by atoms with Gasteiger partial charge in [-0.25, -0.2) is 19.2 Å². The summed E-state index contributed by atoms with van der Waals surface area (Å²) in [6, 6.07) is 12.1. The van der Waals surface area contributed by atoms with Crippen molar-refractivity contribution in [3.8, 4) is 34.5 Å². The third-order valence-electron chi connectivity index (χ3n) is 22.5. The first-order valence-corrected chi connectivity index (χ1v) is 46.6. The molecule has 0 spiro atoms. The summed E-state index contributed by atoms with van der Waals surface area (Å²) in [6.07, 6.45) is 53.3. The fraction of sp³-hybridized carbons (Fsp3) is 0.490. The molecule has 4 amide bonds. The minimum atomic E-state index is -0.676. The number of allylic oxidation sites excluding steroid dienone is 12. The lowest BCUT2D eigenvalue weighted by Crippen LogP contribution is -2.37. The van der Waals surface area contributed by atoms with Gasteiger partial charge in [0.2, 0.25) is 0 Å². The Labute approximate surface area is 774 Å². The molecule has 5 N–H and O–H groups in total. The zero-order chi connectivity index (χ0) is 94.2. The Morgan fingerprint density at radius 1 is 0.356 bits per heavy atom. The number of amides is 4. The Kier molecular flexibility index (Phi) is 44.3. The van der Waals surface area contributed by atoms with E-state index in [-0.39, 0.29) is 146 Å². The SMILES string of the molecule is CCOc1cc(O)c2c(c1)CC(=NOCC(=O)N1CCCCC1)/C=C/CC/C=C/CCOC2=O.C[C@@H]1C/C=C/CC/C=C/C(=NOCC(=O)N2CCCCC2)Cc2cc(O)cc(O)c2C(=O)O1.Cc1cc(C)c2c(c1)CC(=NOCC(=O)N1CCCCC1)/C=C/CC/C=C/C[C@@H](C)OC2=O.O=C1OCC/C=C/CC/C=C/C(=NOCC(=O)N2CCCCC2)Cc2cc(O)cc(O)c21. The van der Waals surface area contributed by atoms with E-state index >= 15 is 0 Å². The molecule has 0 radical (unpaired) electrons. The number of nitrogens with zero attached hydrogens (tertiary/aromatic N) is 8. The van der Waals surface area contributed by atoms with Gasteiger partial charge in [0.25, 0.3) is 23.6 Å². The Morgan fingerprint density at radius 2 is 0.652 bits per heavy atom. The molecule has 712 valence electrons. The van der Waals surface area contributed by atoms with Crippen LogP contribution < -0.4 is 4.74 Å². The van der Waals surface area contributed by atoms with Gasteiger partial charge >= 0.3 is 23.9 Å². The molecule has 8 heterocycles. The lowest BCUT2D eigenvalue weighted by Gasteiger charge is -2.26. The molecule has 2 atom stereocenters. The van der Waals surface area contributed by atoms with Crippen LogP contribution in [0.2, 0.25) is 0 Å². The second kappa shape index (κ2) is 56.7. The third-order valence-corrected chi connectivity index (χ3v) is 22.5. The predicted molar refractivity (Wildman–Crippen MR) is 504 cm³/mol. The lowest BCUT2D eigenvalue weighted by atomic mass is 9.95. The van der Waals surface area contributed by atoms with Gasteiger partial charge in [-0.1, -0.05) is 111 Å². The van der Waals surface area contributed by atoms with Crippen molar-refractivity contribution in [3.05, 3.63) is 201 Å². The molecular weight excluding hydrogens is 1690 g/mol. The number of carbonyl (C=O) groups excluding carboxylic acids is 8. The molecule has 0 unspecified atom stereocenters. The summed E-state index contributed by atoms with van der Waals surface area (Å²) in [7, 11) is 0. The summed E-state index contributed by atoms with van der Waals surface area (Å²) in [6.45, 7) is 15.8. The van der Waals surface area contributed by atoms with E-state index in [0.717, 1.165) is 203 Å². The van der Waals surface area contributed by atoms with Crippen molar-refractivity contribution in [2.24, 2.45) is 20.6 Å². The van der Waals surface area contributed by atoms with Gasteiger partial charge in [-0.2, -0.15) is 0 Å². The topological polar surface area (TPSA) is 383 Å². The number of cyclic esters (lactones) is 4. The summed E-state index contributed by atoms with van der Waals surface area (Å²) >= 11 is 0. The first-order chi connectivity index (χ1) is 64.0. The monoisotopic (exact) mass is 1820 g/mol. The Balaban J connectivity index is 0.000000198. The smallest absolute Gasteiger partial charge is 0.342 e. The molecule has 4 aromatic rings. The average Bonchev–Trinajstić information content (AvgIpc) is 0.827. The Bertz CT molecular complexity index is 4740. The number of ether oxygens (including phenoxy) is 5. The maximum Gasteiger partial charge on any atom is 0.342 e. The van der Waals surface area contributed by atoms with Crippen LogP contribution in [0.5, 0.6) is 34.5 Å². The molecule has 8 aliphatic heterocycles. The van der Waals surface area contributed by atoms with Gasteiger partial charge in [0.05, 0.1) is 48.2 Å². The Hall–Kier alpha value is -12.8. The summed E-state index contributed by atoms with van der Waals surface area (Å²) in [5.41, 5.74) is 6.75. The maximum atomic E-state index is 13.0. The number of hydrogen-bond donors (Lipinski definition) is 5. The average molecular weight is 1820 g/mol. The number of oxime groups is 4. The van der Waals surface area contributed by atoms with Gasteiger partial charge < -0.3 is 88.2 Å². The van der Waals surface area contributed by atoms with Crippen LogP contribution in [0.15, 0.2) is 166 Å². The fourth-order valence-electron chi connectivity index (χ4n) is 15.8. The van der Waals surface area contributed by atoms with Crippen LogP contribution in [-0.2, 0) is 83.2 Å². The fourth-order valence-corrected chi connectivity index (χ4v) is 15.8. The molecule has 0 saturated carbocycles. The largest absolute Gasteiger partial charge is 0.508 e. The number of rotatable bonds is 14. The number of phenols is 5. The normalized spacial score (nSPS) is 22.0. The third kappa shape index (κ3) is 35.8. The van der Waals surface area contributed by atoms with Crippen LogP contribution in [0, 0.1) is 13.8 Å². The molecule has 0 bridgehead atoms. The number of esters is 4. The van der Waals surface area contributed by atoms with Crippen molar-refractivity contribution in [1.82, 2.24) is 19.6 Å². The highest BCUT2D eigenvalue weighted by Crippen LogP contribution is 2.34. The van der Waals surface area contributed by atoms with E-state index < -0.39 is 17.9 Å². The van der Waals surface area contributed by atoms with E-state index in [4.69, 9.17) is 43.0 Å². The molecule has 132 heavy (non-hydrogen) atoms. The van der Waals surface area contributed by atoms with Crippen molar-refractivity contribution in [2.45, 2.75) is 227 Å². The first-order valence-electron chi connectivity index (χ1n) is 46.6. The minimum absolute atomic E-state index is 0.0191. The zero-order valence-corrected chi connectivity index (χ0v) is 77.2. The number of carbonyl (C=O) groups is 8. The van der Waals surface area contributed by atoms with Gasteiger partial charge in [-0.15, -0.1) is 0 Å². The second-order valence-electron chi connectivity index (χ2n) is 33.5. The molecule has 30 nitrogen and oxygen atoms in total. The van der Waals surface area contributed by atoms with Crippen molar-refractivity contribution in [1.29, 1.82) is 0 Å². The van der Waals surface area contributed by atoms with Crippen molar-refractivity contribution in [2.75, 3.05) is 98.6 Å². The van der Waals surface area contributed by atoms with E-state index in [0.29, 0.717) is 89.6 Å². The highest BCUT2D eigenvalue weighted by atomic mass is 16.6. The van der Waals surface area contributed by atoms with Crippen LogP contribution in [0.3, 0.4) is 0 Å². The van der Waals surface area contributed by atoms with Crippen LogP contribution in [-0.4, -0.2) is 226 Å². The van der Waals surface area contributed by atoms with E-state index in [1.807, 2.05) is 112 Å². The molecule has 0 aromatic heterocycles. The van der Waals surface area contributed by atoms with E-state index in [1.54, 1.807) is 39.8 Å². The standard InChI is InChI=1S/C27H36N2O4.C26H34N2O6.C25H32N2O6.C24H30N2O6/c1-20-16-21(2)26-23(17-20)18-24(28-32-19-25(30)29-14-10-7-11-15-29)13-9-6-4-5-8-12-22(3)33-27(26)31;1-2-32-22-17-20-16-21(27-34-19-24(30)28-13-9-7-10-14-28)12-8-5-3-4-6-11-15-33-26(31)25(20)23(29)18-22;1-18-10-6-3-2-4-7-11-20(26-32-17-23(30)27-12-8-5-9-13-27)14-19-15-21(28)16-22(29)24(19)25(31)33-18;27-20-15-18-14-19(25-32-17-22(29)26-11-7-5-8-12-26)10-6-3-1-2-4-9-13-31-24(30)23(18)21(28)16-20/h5,8-9,13,16-17,22H,4,6-7,10-12,14-15,18-19H2,1-3H3;4,6,8,12,17-18,29H,2-3,5,7,9-11,13-16,19H2,1H3;3,6-7,11,15-16,18,28-29H,2,4-5,8-10,12-14,17H2,1H3;2,4,6,10,15-16,27-28H,1,3,5,7-9,11-14,17H2/b8-5+,13-9+,28-24?;6-4+,12-8+,27-21?;6-3+,11-7+,26-20?;4-2+,10-6+,25-19?/t22-;;18-;/m1.1./s1. The number of piperidine rings is 4. The number of aryl methyl sites for hydroxylation is 2. The van der Waals surface area contributed by atoms with Crippen molar-refractivity contribution >= 4 is 70.4 Å². The highest BCUT2D eigenvalue weighted by molar-refractivity contribution is 6.04. The molecule has 8 aliphatic rings. The van der Waals surface area contributed by atoms with Crippen LogP contribution in [0.25, 0.3) is 0 Å². The van der Waals surface area contributed by atoms with E-state index in [2.05, 4.69) is 38.9 Å². The van der Waals surface area contributed by atoms with Gasteiger partial charge in [-0.05, 0) is 246 Å². The van der Waals surface area contributed by atoms with Gasteiger partial charge in [0.15, 0.2) is 26.4 Å². The molecule has 30 heteroatoms. The number of phenolic OH excluding ortho intramolecular Hbond substituents is 5. The quantitative estimate of drug-likeness (QED) is 0.0339. The molecule has 4 fully saturated rings. The van der Waals surface area contributed by atoms with Crippen LogP contribution in [0.4, 0.5) is 0 Å². The maximum absolute atomic E-state index is 13.0. The molecule has 4 saturated heterocycles. The van der Waals surface area contributed by atoms with Crippen molar-refractivity contribution in [3.63, 3.8) is 0 Å². The molecule has 12 rings (SSSR count). The summed E-state index contributed by atoms with van der Waals surface area (Å²) in [4.78, 5) is 129. The van der Waals surface area contributed by atoms with Crippen molar-refractivity contribution < 1.29 is 107 Å². The number of aromatic hydroxyl groups is 5. The van der Waals surface area contributed by atoms with Crippen LogP contribution in [0.1, 0.15) is 250 Å².